The van der Waals surface area contributed by atoms with Crippen LogP contribution in [-0.2, 0) is 25.1 Å². The normalized spacial score (nSPS) is 18.4. The molecule has 1 unspecified atom stereocenters. The Kier molecular flexibility index (Phi) is 6.89. The van der Waals surface area contributed by atoms with Crippen LogP contribution < -0.4 is 15.8 Å². The first-order chi connectivity index (χ1) is 16.2. The molecule has 2 atom stereocenters. The van der Waals surface area contributed by atoms with Gasteiger partial charge in [-0.1, -0.05) is 36.4 Å². The zero-order valence-corrected chi connectivity index (χ0v) is 20.3. The molecule has 0 spiro atoms. The number of hydrogen-bond donors (Lipinski definition) is 4. The van der Waals surface area contributed by atoms with Crippen LogP contribution in [0.2, 0.25) is 0 Å². The van der Waals surface area contributed by atoms with Gasteiger partial charge in [-0.25, -0.2) is 8.42 Å². The molecule has 0 aliphatic carbocycles. The molecule has 1 aliphatic rings. The van der Waals surface area contributed by atoms with E-state index in [4.69, 9.17) is 15.9 Å². The average molecular weight is 502 g/mol. The maximum absolute atomic E-state index is 13.4. The minimum atomic E-state index is -4.03. The van der Waals surface area contributed by atoms with Gasteiger partial charge in [-0.15, -0.1) is 11.3 Å². The molecule has 180 valence electrons. The van der Waals surface area contributed by atoms with E-state index in [1.54, 1.807) is 41.5 Å². The number of morpholine rings is 1. The highest BCUT2D eigenvalue weighted by Crippen LogP contribution is 2.29. The monoisotopic (exact) mass is 501 g/mol. The van der Waals surface area contributed by atoms with Crippen molar-refractivity contribution >= 4 is 44.0 Å². The van der Waals surface area contributed by atoms with E-state index in [0.29, 0.717) is 24.6 Å². The van der Waals surface area contributed by atoms with Gasteiger partial charge in [0.2, 0.25) is 15.9 Å². The van der Waals surface area contributed by atoms with Gasteiger partial charge in [0.05, 0.1) is 17.6 Å². The van der Waals surface area contributed by atoms with Gasteiger partial charge in [-0.3, -0.25) is 10.2 Å². The summed E-state index contributed by atoms with van der Waals surface area (Å²) in [5.41, 5.74) is 4.03. The number of ether oxygens (including phenoxy) is 1. The summed E-state index contributed by atoms with van der Waals surface area (Å²) in [5.74, 6) is -0.547. The molecule has 1 saturated heterocycles. The van der Waals surface area contributed by atoms with Crippen LogP contribution in [0.3, 0.4) is 0 Å². The van der Waals surface area contributed by atoms with E-state index >= 15 is 0 Å². The lowest BCUT2D eigenvalue weighted by atomic mass is 10.0. The van der Waals surface area contributed by atoms with E-state index in [-0.39, 0.29) is 23.5 Å². The summed E-state index contributed by atoms with van der Waals surface area (Å²) in [6.07, 6.45) is -0.369. The molecule has 0 bridgehead atoms. The van der Waals surface area contributed by atoms with Crippen molar-refractivity contribution in [3.63, 3.8) is 0 Å². The van der Waals surface area contributed by atoms with Gasteiger partial charge in [-0.2, -0.15) is 4.72 Å². The Hall–Kier alpha value is -2.99. The zero-order valence-electron chi connectivity index (χ0n) is 18.7. The van der Waals surface area contributed by atoms with Crippen molar-refractivity contribution in [3.8, 4) is 0 Å². The van der Waals surface area contributed by atoms with Crippen LogP contribution in [-0.4, -0.2) is 57.5 Å². The minimum Gasteiger partial charge on any atom is -0.373 e. The summed E-state index contributed by atoms with van der Waals surface area (Å²) in [4.78, 5) is 15.7. The number of carbonyl (C=O) groups is 1. The molecule has 1 amide bonds. The third-order valence-corrected chi connectivity index (χ3v) is 8.45. The molecule has 1 fully saturated rings. The molecule has 0 saturated carbocycles. The molecule has 9 nitrogen and oxygen atoms in total. The lowest BCUT2D eigenvalue weighted by Crippen LogP contribution is -2.57. The number of amides is 1. The number of fused-ring (bicyclic) bond motifs is 1. The molecule has 1 aromatic heterocycles. The van der Waals surface area contributed by atoms with Gasteiger partial charge in [0.25, 0.3) is 0 Å². The summed E-state index contributed by atoms with van der Waals surface area (Å²) in [6.45, 7) is 2.97. The summed E-state index contributed by atoms with van der Waals surface area (Å²) >= 11 is 1.29. The number of carbonyl (C=O) groups excluding carboxylic acids is 1. The summed E-state index contributed by atoms with van der Waals surface area (Å²) in [6, 6.07) is 15.8. The fourth-order valence-electron chi connectivity index (χ4n) is 3.88. The van der Waals surface area contributed by atoms with Crippen LogP contribution in [0.15, 0.2) is 64.9 Å². The van der Waals surface area contributed by atoms with Gasteiger partial charge in [-0.05, 0) is 41.3 Å². The summed E-state index contributed by atoms with van der Waals surface area (Å²) in [5, 5.41) is 13.9. The minimum absolute atomic E-state index is 0.0498. The van der Waals surface area contributed by atoms with Crippen molar-refractivity contribution in [1.82, 2.24) is 14.9 Å². The maximum Gasteiger partial charge on any atom is 0.246 e. The fraction of sp³-hybridized carbons (Fsp3) is 0.304. The number of sulfonamides is 1. The van der Waals surface area contributed by atoms with Crippen LogP contribution in [0.1, 0.15) is 11.8 Å². The van der Waals surface area contributed by atoms with E-state index in [1.807, 2.05) is 24.3 Å². The summed E-state index contributed by atoms with van der Waals surface area (Å²) < 4.78 is 35.0. The zero-order chi connectivity index (χ0) is 24.3. The molecule has 2 aromatic carbocycles. The van der Waals surface area contributed by atoms with Crippen molar-refractivity contribution in [1.29, 1.82) is 5.41 Å². The Morgan fingerprint density at radius 3 is 2.71 bits per heavy atom. The number of hydrogen-bond acceptors (Lipinski definition) is 6. The van der Waals surface area contributed by atoms with Gasteiger partial charge in [0.1, 0.15) is 5.54 Å². The van der Waals surface area contributed by atoms with E-state index in [1.165, 1.54) is 17.4 Å². The molecule has 2 heterocycles. The molecular formula is C23H27N5O4S2. The van der Waals surface area contributed by atoms with Gasteiger partial charge < -0.3 is 20.7 Å². The molecule has 0 radical (unpaired) electrons. The second kappa shape index (κ2) is 9.71. The Bertz CT molecular complexity index is 1300. The third kappa shape index (κ3) is 5.07. The number of thiophene rings is 1. The number of nitrogens with zero attached hydrogens (tertiary/aromatic N) is 1. The summed E-state index contributed by atoms with van der Waals surface area (Å²) in [7, 11) is -4.03. The van der Waals surface area contributed by atoms with E-state index in [9.17, 15) is 13.2 Å². The molecule has 4 rings (SSSR count). The Labute approximate surface area is 202 Å². The molecule has 1 aliphatic heterocycles. The predicted molar refractivity (Wildman–Crippen MR) is 132 cm³/mol. The molecular weight excluding hydrogens is 474 g/mol. The lowest BCUT2D eigenvalue weighted by molar-refractivity contribution is -0.127. The first-order valence-corrected chi connectivity index (χ1v) is 13.1. The lowest BCUT2D eigenvalue weighted by Gasteiger charge is -2.34. The Balaban J connectivity index is 1.55. The standard InChI is InChI=1S/C23H27N5O4S2/c1-23(20-7-4-12-33-20,21(29)26-14-18-15-28(22(24)25)10-11-32-18)27-34(30,31)19-9-8-16-5-2-3-6-17(16)13-19/h2-9,12-13,18,27H,10-11,14-15H2,1H3,(H3,24,25)(H,26,29)/t18?,23-/m0/s1. The van der Waals surface area contributed by atoms with Crippen molar-refractivity contribution in [3.05, 3.63) is 64.9 Å². The van der Waals surface area contributed by atoms with E-state index in [2.05, 4.69) is 10.0 Å². The maximum atomic E-state index is 13.4. The predicted octanol–water partition coefficient (Wildman–Crippen LogP) is 1.81. The first-order valence-electron chi connectivity index (χ1n) is 10.7. The molecule has 3 aromatic rings. The van der Waals surface area contributed by atoms with Gasteiger partial charge in [0, 0.05) is 24.5 Å². The van der Waals surface area contributed by atoms with E-state index in [0.717, 1.165) is 10.8 Å². The number of nitrogens with one attached hydrogen (secondary N) is 3. The smallest absolute Gasteiger partial charge is 0.246 e. The fourth-order valence-corrected chi connectivity index (χ4v) is 6.17. The van der Waals surface area contributed by atoms with Crippen molar-refractivity contribution in [2.75, 3.05) is 26.2 Å². The Morgan fingerprint density at radius 1 is 1.24 bits per heavy atom. The van der Waals surface area contributed by atoms with Crippen LogP contribution >= 0.6 is 11.3 Å². The van der Waals surface area contributed by atoms with Crippen LogP contribution in [0, 0.1) is 5.41 Å². The molecule has 34 heavy (non-hydrogen) atoms. The van der Waals surface area contributed by atoms with Crippen LogP contribution in [0.25, 0.3) is 10.8 Å². The molecule has 11 heteroatoms. The largest absolute Gasteiger partial charge is 0.373 e. The third-order valence-electron chi connectivity index (χ3n) is 5.81. The second-order valence-electron chi connectivity index (χ2n) is 8.25. The Morgan fingerprint density at radius 2 is 2.00 bits per heavy atom. The number of rotatable bonds is 7. The topological polar surface area (TPSA) is 138 Å². The number of guanidine groups is 1. The van der Waals surface area contributed by atoms with Crippen molar-refractivity contribution in [2.45, 2.75) is 23.5 Å². The highest BCUT2D eigenvalue weighted by molar-refractivity contribution is 7.89. The quantitative estimate of drug-likeness (QED) is 0.288. The molecule has 5 N–H and O–H groups in total. The van der Waals surface area contributed by atoms with Gasteiger partial charge >= 0.3 is 0 Å². The van der Waals surface area contributed by atoms with Crippen LogP contribution in [0.5, 0.6) is 0 Å². The average Bonchev–Trinajstić information content (AvgIpc) is 3.38. The highest BCUT2D eigenvalue weighted by atomic mass is 32.2. The number of benzene rings is 2. The highest BCUT2D eigenvalue weighted by Gasteiger charge is 2.41. The van der Waals surface area contributed by atoms with Crippen molar-refractivity contribution in [2.24, 2.45) is 5.73 Å². The second-order valence-corrected chi connectivity index (χ2v) is 10.9. The van der Waals surface area contributed by atoms with Crippen molar-refractivity contribution < 1.29 is 17.9 Å². The van der Waals surface area contributed by atoms with E-state index < -0.39 is 21.5 Å². The number of nitrogens with two attached hydrogens (primary N) is 1. The van der Waals surface area contributed by atoms with Crippen LogP contribution in [0.4, 0.5) is 0 Å². The first kappa shape index (κ1) is 24.1. The SMILES string of the molecule is C[C@@](NS(=O)(=O)c1ccc2ccccc2c1)(C(=O)NCC1CN(C(=N)N)CCO1)c1cccs1. The van der Waals surface area contributed by atoms with Gasteiger partial charge in [0.15, 0.2) is 5.96 Å².